The molecule has 138 valence electrons. The van der Waals surface area contributed by atoms with E-state index in [0.29, 0.717) is 0 Å². The van der Waals surface area contributed by atoms with Crippen molar-refractivity contribution >= 4 is 0 Å². The zero-order valence-electron chi connectivity index (χ0n) is 15.1. The van der Waals surface area contributed by atoms with E-state index in [0.717, 1.165) is 48.8 Å². The molecule has 1 heterocycles. The average Bonchev–Trinajstić information content (AvgIpc) is 2.70. The van der Waals surface area contributed by atoms with Crippen molar-refractivity contribution in [1.29, 1.82) is 0 Å². The van der Waals surface area contributed by atoms with E-state index in [1.54, 1.807) is 12.1 Å². The summed E-state index contributed by atoms with van der Waals surface area (Å²) < 4.78 is 19.9. The van der Waals surface area contributed by atoms with Crippen LogP contribution in [0.5, 0.6) is 11.5 Å². The molecular formula is C23H23FN2O. The Labute approximate surface area is 159 Å². The van der Waals surface area contributed by atoms with Gasteiger partial charge in [0, 0.05) is 26.2 Å². The monoisotopic (exact) mass is 362 g/mol. The maximum Gasteiger partial charge on any atom is 0.127 e. The van der Waals surface area contributed by atoms with Crippen molar-refractivity contribution in [3.8, 4) is 11.5 Å². The molecule has 27 heavy (non-hydrogen) atoms. The van der Waals surface area contributed by atoms with Crippen LogP contribution >= 0.6 is 0 Å². The van der Waals surface area contributed by atoms with E-state index in [4.69, 9.17) is 4.74 Å². The molecule has 3 aromatic rings. The number of para-hydroxylation sites is 1. The van der Waals surface area contributed by atoms with Gasteiger partial charge in [0.2, 0.25) is 0 Å². The summed E-state index contributed by atoms with van der Waals surface area (Å²) in [4.78, 5) is 2.40. The van der Waals surface area contributed by atoms with Crippen LogP contribution in [0.2, 0.25) is 0 Å². The Morgan fingerprint density at radius 2 is 1.44 bits per heavy atom. The minimum atomic E-state index is -0.204. The quantitative estimate of drug-likeness (QED) is 0.717. The molecular weight excluding hydrogens is 339 g/mol. The second-order valence-corrected chi connectivity index (χ2v) is 6.73. The molecule has 1 N–H and O–H groups in total. The molecule has 0 aliphatic carbocycles. The Hall–Kier alpha value is -2.69. The molecule has 1 fully saturated rings. The molecule has 1 saturated heterocycles. The maximum absolute atomic E-state index is 13.9. The van der Waals surface area contributed by atoms with Gasteiger partial charge in [-0.2, -0.15) is 0 Å². The molecule has 4 heteroatoms. The fourth-order valence-corrected chi connectivity index (χ4v) is 3.60. The highest BCUT2D eigenvalue weighted by molar-refractivity contribution is 5.39. The van der Waals surface area contributed by atoms with E-state index in [2.05, 4.69) is 22.3 Å². The van der Waals surface area contributed by atoms with Crippen molar-refractivity contribution < 1.29 is 9.13 Å². The number of piperazine rings is 1. The first-order valence-corrected chi connectivity index (χ1v) is 9.33. The zero-order valence-corrected chi connectivity index (χ0v) is 15.1. The molecule has 1 unspecified atom stereocenters. The van der Waals surface area contributed by atoms with Gasteiger partial charge in [-0.15, -0.1) is 0 Å². The molecule has 0 spiro atoms. The number of ether oxygens (including phenoxy) is 1. The highest BCUT2D eigenvalue weighted by Crippen LogP contribution is 2.32. The molecule has 1 aliphatic rings. The van der Waals surface area contributed by atoms with Crippen molar-refractivity contribution in [2.45, 2.75) is 6.04 Å². The summed E-state index contributed by atoms with van der Waals surface area (Å²) in [6, 6.07) is 24.8. The van der Waals surface area contributed by atoms with Crippen LogP contribution in [0.4, 0.5) is 4.39 Å². The summed E-state index contributed by atoms with van der Waals surface area (Å²) in [5.74, 6) is 1.39. The van der Waals surface area contributed by atoms with Crippen molar-refractivity contribution in [3.05, 3.63) is 95.8 Å². The highest BCUT2D eigenvalue weighted by atomic mass is 19.1. The molecule has 4 rings (SSSR count). The van der Waals surface area contributed by atoms with Crippen molar-refractivity contribution in [2.24, 2.45) is 0 Å². The summed E-state index contributed by atoms with van der Waals surface area (Å²) in [7, 11) is 0. The minimum Gasteiger partial charge on any atom is -0.457 e. The van der Waals surface area contributed by atoms with E-state index < -0.39 is 0 Å². The lowest BCUT2D eigenvalue weighted by Crippen LogP contribution is -2.45. The predicted octanol–water partition coefficient (Wildman–Crippen LogP) is 4.61. The summed E-state index contributed by atoms with van der Waals surface area (Å²) in [6.07, 6.45) is 0. The molecule has 0 radical (unpaired) electrons. The van der Waals surface area contributed by atoms with Gasteiger partial charge in [0.1, 0.15) is 17.3 Å². The molecule has 0 aromatic heterocycles. The first-order chi connectivity index (χ1) is 13.3. The first kappa shape index (κ1) is 17.7. The van der Waals surface area contributed by atoms with E-state index >= 15 is 0 Å². The zero-order chi connectivity index (χ0) is 18.5. The van der Waals surface area contributed by atoms with Crippen LogP contribution in [-0.4, -0.2) is 31.1 Å². The van der Waals surface area contributed by atoms with Gasteiger partial charge in [-0.25, -0.2) is 4.39 Å². The van der Waals surface area contributed by atoms with E-state index in [1.165, 1.54) is 6.07 Å². The fourth-order valence-electron chi connectivity index (χ4n) is 3.60. The molecule has 1 aliphatic heterocycles. The third kappa shape index (κ3) is 4.35. The van der Waals surface area contributed by atoms with Gasteiger partial charge in [-0.05, 0) is 47.5 Å². The van der Waals surface area contributed by atoms with Gasteiger partial charge in [-0.1, -0.05) is 42.5 Å². The van der Waals surface area contributed by atoms with Crippen LogP contribution in [0.25, 0.3) is 0 Å². The van der Waals surface area contributed by atoms with Gasteiger partial charge in [0.15, 0.2) is 0 Å². The fraction of sp³-hybridized carbons (Fsp3) is 0.217. The standard InChI is InChI=1S/C23H23FN2O/c24-20-8-4-6-18(16-20)23(26-14-12-25-13-15-26)19-7-5-11-22(17-19)27-21-9-2-1-3-10-21/h1-11,16-17,23,25H,12-15H2. The lowest BCUT2D eigenvalue weighted by Gasteiger charge is -2.35. The van der Waals surface area contributed by atoms with Gasteiger partial charge in [0.05, 0.1) is 6.04 Å². The van der Waals surface area contributed by atoms with E-state index in [1.807, 2.05) is 48.5 Å². The SMILES string of the molecule is Fc1cccc(C(c2cccc(Oc3ccccc3)c2)N2CCNCC2)c1. The van der Waals surface area contributed by atoms with Crippen LogP contribution < -0.4 is 10.1 Å². The second kappa shape index (κ2) is 8.33. The minimum absolute atomic E-state index is 0.00197. The van der Waals surface area contributed by atoms with Crippen molar-refractivity contribution in [3.63, 3.8) is 0 Å². The van der Waals surface area contributed by atoms with Crippen LogP contribution in [0.1, 0.15) is 17.2 Å². The molecule has 3 nitrogen and oxygen atoms in total. The van der Waals surface area contributed by atoms with Crippen LogP contribution in [0.3, 0.4) is 0 Å². The van der Waals surface area contributed by atoms with Gasteiger partial charge in [0.25, 0.3) is 0 Å². The summed E-state index contributed by atoms with van der Waals surface area (Å²) in [6.45, 7) is 3.72. The third-order valence-corrected chi connectivity index (χ3v) is 4.83. The van der Waals surface area contributed by atoms with E-state index in [9.17, 15) is 4.39 Å². The highest BCUT2D eigenvalue weighted by Gasteiger charge is 2.24. The lowest BCUT2D eigenvalue weighted by atomic mass is 9.96. The van der Waals surface area contributed by atoms with Gasteiger partial charge in [-0.3, -0.25) is 4.90 Å². The normalized spacial score (nSPS) is 16.0. The van der Waals surface area contributed by atoms with Crippen LogP contribution in [0, 0.1) is 5.82 Å². The molecule has 0 amide bonds. The van der Waals surface area contributed by atoms with Crippen LogP contribution in [0.15, 0.2) is 78.9 Å². The lowest BCUT2D eigenvalue weighted by molar-refractivity contribution is 0.198. The Morgan fingerprint density at radius 1 is 0.778 bits per heavy atom. The summed E-state index contributed by atoms with van der Waals surface area (Å²) in [5, 5.41) is 3.39. The second-order valence-electron chi connectivity index (χ2n) is 6.73. The van der Waals surface area contributed by atoms with Crippen molar-refractivity contribution in [1.82, 2.24) is 10.2 Å². The molecule has 3 aromatic carbocycles. The van der Waals surface area contributed by atoms with Gasteiger partial charge < -0.3 is 10.1 Å². The largest absolute Gasteiger partial charge is 0.457 e. The van der Waals surface area contributed by atoms with Crippen molar-refractivity contribution in [2.75, 3.05) is 26.2 Å². The maximum atomic E-state index is 13.9. The number of halogens is 1. The number of benzene rings is 3. The van der Waals surface area contributed by atoms with Crippen LogP contribution in [-0.2, 0) is 0 Å². The number of hydrogen-bond donors (Lipinski definition) is 1. The Balaban J connectivity index is 1.68. The van der Waals surface area contributed by atoms with Gasteiger partial charge >= 0.3 is 0 Å². The summed E-state index contributed by atoms with van der Waals surface area (Å²) in [5.41, 5.74) is 2.07. The third-order valence-electron chi connectivity index (χ3n) is 4.83. The Kier molecular flexibility index (Phi) is 5.47. The number of nitrogens with zero attached hydrogens (tertiary/aromatic N) is 1. The number of nitrogens with one attached hydrogen (secondary N) is 1. The topological polar surface area (TPSA) is 24.5 Å². The number of hydrogen-bond acceptors (Lipinski definition) is 3. The number of rotatable bonds is 5. The molecule has 1 atom stereocenters. The predicted molar refractivity (Wildman–Crippen MR) is 106 cm³/mol. The smallest absolute Gasteiger partial charge is 0.127 e. The first-order valence-electron chi connectivity index (χ1n) is 9.33. The van der Waals surface area contributed by atoms with E-state index in [-0.39, 0.29) is 11.9 Å². The average molecular weight is 362 g/mol. The Morgan fingerprint density at radius 3 is 2.19 bits per heavy atom. The Bertz CT molecular complexity index is 878. The summed E-state index contributed by atoms with van der Waals surface area (Å²) >= 11 is 0. The molecule has 0 bridgehead atoms. The molecule has 0 saturated carbocycles.